The monoisotopic (exact) mass is 236 g/mol. The van der Waals surface area contributed by atoms with Gasteiger partial charge < -0.3 is 13.9 Å². The highest BCUT2D eigenvalue weighted by Gasteiger charge is 2.02. The predicted molar refractivity (Wildman–Crippen MR) is 64.2 cm³/mol. The van der Waals surface area contributed by atoms with Crippen molar-refractivity contribution in [3.63, 3.8) is 0 Å². The highest BCUT2D eigenvalue weighted by molar-refractivity contribution is 5.05. The molecule has 0 aliphatic heterocycles. The fourth-order valence-electron chi connectivity index (χ4n) is 1.18. The normalized spacial score (nSPS) is 11.2. The molecule has 0 spiro atoms. The summed E-state index contributed by atoms with van der Waals surface area (Å²) >= 11 is 0. The van der Waals surface area contributed by atoms with E-state index in [2.05, 4.69) is 0 Å². The van der Waals surface area contributed by atoms with Crippen molar-refractivity contribution in [2.24, 2.45) is 0 Å². The minimum absolute atomic E-state index is 0.116. The summed E-state index contributed by atoms with van der Waals surface area (Å²) in [5.74, 6) is 0.962. The van der Waals surface area contributed by atoms with Gasteiger partial charge in [0.25, 0.3) is 0 Å². The van der Waals surface area contributed by atoms with Gasteiger partial charge in [0.2, 0.25) is 0 Å². The third-order valence-corrected chi connectivity index (χ3v) is 1.78. The van der Waals surface area contributed by atoms with Gasteiger partial charge in [0.15, 0.2) is 5.43 Å². The van der Waals surface area contributed by atoms with Crippen LogP contribution in [-0.2, 0) is 22.7 Å². The average molecular weight is 236 g/mol. The van der Waals surface area contributed by atoms with Gasteiger partial charge in [-0.05, 0) is 13.8 Å². The third kappa shape index (κ3) is 5.06. The molecule has 0 bridgehead atoms. The lowest BCUT2D eigenvalue weighted by molar-refractivity contribution is 0.178. The smallest absolute Gasteiger partial charge is 0.185 e. The van der Waals surface area contributed by atoms with Crippen molar-refractivity contribution >= 4 is 0 Å². The molecule has 0 amide bonds. The fraction of sp³-hybridized carbons (Fsp3) is 0.308. The Morgan fingerprint density at radius 3 is 1.94 bits per heavy atom. The lowest BCUT2D eigenvalue weighted by Crippen LogP contribution is -2.03. The summed E-state index contributed by atoms with van der Waals surface area (Å²) in [4.78, 5) is 11.4. The molecule has 4 nitrogen and oxygen atoms in total. The van der Waals surface area contributed by atoms with Crippen LogP contribution in [0.1, 0.15) is 25.4 Å². The lowest BCUT2D eigenvalue weighted by Gasteiger charge is -2.04. The second kappa shape index (κ2) is 7.33. The summed E-state index contributed by atoms with van der Waals surface area (Å²) in [7, 11) is 0. The molecule has 0 N–H and O–H groups in total. The van der Waals surface area contributed by atoms with E-state index in [1.807, 2.05) is 13.8 Å². The second-order valence-electron chi connectivity index (χ2n) is 3.29. The first-order valence-corrected chi connectivity index (χ1v) is 5.34. The molecule has 0 saturated carbocycles. The number of rotatable bonds is 6. The summed E-state index contributed by atoms with van der Waals surface area (Å²) < 4.78 is 15.7. The van der Waals surface area contributed by atoms with Gasteiger partial charge in [-0.25, -0.2) is 0 Å². The summed E-state index contributed by atoms with van der Waals surface area (Å²) in [6.45, 7) is 4.16. The number of allylic oxidation sites excluding steroid dienone is 2. The molecule has 4 heteroatoms. The van der Waals surface area contributed by atoms with Crippen LogP contribution in [-0.4, -0.2) is 0 Å². The standard InChI is InChI=1S/C13H16O4/c1-3-5-15-9-12-7-11(14)8-13(17-12)10-16-6-4-2/h3-8H,9-10H2,1-2H3. The molecular formula is C13H16O4. The van der Waals surface area contributed by atoms with Crippen LogP contribution in [0.3, 0.4) is 0 Å². The predicted octanol–water partition coefficient (Wildman–Crippen LogP) is 2.74. The maximum absolute atomic E-state index is 11.4. The Morgan fingerprint density at radius 1 is 1.06 bits per heavy atom. The molecule has 0 atom stereocenters. The van der Waals surface area contributed by atoms with Crippen molar-refractivity contribution < 1.29 is 13.9 Å². The van der Waals surface area contributed by atoms with E-state index < -0.39 is 0 Å². The molecular weight excluding hydrogens is 220 g/mol. The zero-order valence-corrected chi connectivity index (χ0v) is 10.0. The maximum Gasteiger partial charge on any atom is 0.185 e. The van der Waals surface area contributed by atoms with Crippen molar-refractivity contribution in [1.29, 1.82) is 0 Å². The third-order valence-electron chi connectivity index (χ3n) is 1.78. The molecule has 1 heterocycles. The number of ether oxygens (including phenoxy) is 2. The van der Waals surface area contributed by atoms with Gasteiger partial charge >= 0.3 is 0 Å². The quantitative estimate of drug-likeness (QED) is 0.712. The van der Waals surface area contributed by atoms with E-state index in [9.17, 15) is 4.79 Å². The Balaban J connectivity index is 2.68. The zero-order valence-electron chi connectivity index (χ0n) is 10.0. The van der Waals surface area contributed by atoms with Gasteiger partial charge in [-0.2, -0.15) is 0 Å². The van der Waals surface area contributed by atoms with Gasteiger partial charge in [0.1, 0.15) is 24.7 Å². The molecule has 0 unspecified atom stereocenters. The second-order valence-corrected chi connectivity index (χ2v) is 3.29. The Morgan fingerprint density at radius 2 is 1.53 bits per heavy atom. The Bertz CT molecular complexity index is 406. The van der Waals surface area contributed by atoms with Crippen LogP contribution in [0.5, 0.6) is 0 Å². The molecule has 0 saturated heterocycles. The molecule has 92 valence electrons. The van der Waals surface area contributed by atoms with Crippen LogP contribution in [0.2, 0.25) is 0 Å². The molecule has 17 heavy (non-hydrogen) atoms. The van der Waals surface area contributed by atoms with Gasteiger partial charge in [0, 0.05) is 12.1 Å². The molecule has 1 aromatic heterocycles. The van der Waals surface area contributed by atoms with Crippen molar-refractivity contribution in [2.75, 3.05) is 0 Å². The number of hydrogen-bond donors (Lipinski definition) is 0. The maximum atomic E-state index is 11.4. The lowest BCUT2D eigenvalue weighted by atomic mass is 10.3. The Labute approximate surface area is 100 Å². The minimum atomic E-state index is -0.116. The molecule has 0 aliphatic carbocycles. The van der Waals surface area contributed by atoms with Crippen LogP contribution >= 0.6 is 0 Å². The number of hydrogen-bond acceptors (Lipinski definition) is 4. The SMILES string of the molecule is CC=COCc1cc(=O)cc(COC=CC)o1. The zero-order chi connectivity index (χ0) is 12.5. The first kappa shape index (κ1) is 13.1. The fourth-order valence-corrected chi connectivity index (χ4v) is 1.18. The topological polar surface area (TPSA) is 48.7 Å². The van der Waals surface area contributed by atoms with E-state index in [4.69, 9.17) is 13.9 Å². The first-order chi connectivity index (χ1) is 8.26. The van der Waals surface area contributed by atoms with Crippen LogP contribution < -0.4 is 5.43 Å². The first-order valence-electron chi connectivity index (χ1n) is 5.34. The Hall–Kier alpha value is -1.97. The molecule has 0 aliphatic rings. The summed E-state index contributed by atoms with van der Waals surface area (Å²) in [6, 6.07) is 2.81. The molecule has 1 aromatic rings. The Kier molecular flexibility index (Phi) is 5.64. The van der Waals surface area contributed by atoms with Crippen molar-refractivity contribution in [2.45, 2.75) is 27.1 Å². The van der Waals surface area contributed by atoms with Gasteiger partial charge in [-0.1, -0.05) is 12.2 Å². The minimum Gasteiger partial charge on any atom is -0.494 e. The van der Waals surface area contributed by atoms with Crippen molar-refractivity contribution in [3.8, 4) is 0 Å². The van der Waals surface area contributed by atoms with Crippen molar-refractivity contribution in [3.05, 3.63) is 58.6 Å². The summed E-state index contributed by atoms with van der Waals surface area (Å²) in [6.07, 6.45) is 6.61. The van der Waals surface area contributed by atoms with Crippen LogP contribution in [0.25, 0.3) is 0 Å². The average Bonchev–Trinajstić information content (AvgIpc) is 2.29. The van der Waals surface area contributed by atoms with Crippen molar-refractivity contribution in [1.82, 2.24) is 0 Å². The van der Waals surface area contributed by atoms with Crippen LogP contribution in [0, 0.1) is 0 Å². The van der Waals surface area contributed by atoms with Crippen LogP contribution in [0.4, 0.5) is 0 Å². The van der Waals surface area contributed by atoms with Crippen LogP contribution in [0.15, 0.2) is 46.0 Å². The molecule has 0 aromatic carbocycles. The molecule has 0 radical (unpaired) electrons. The highest BCUT2D eigenvalue weighted by Crippen LogP contribution is 2.05. The van der Waals surface area contributed by atoms with Gasteiger partial charge in [-0.3, -0.25) is 4.79 Å². The summed E-state index contributed by atoms with van der Waals surface area (Å²) in [5.41, 5.74) is -0.116. The van der Waals surface area contributed by atoms with Gasteiger partial charge in [-0.15, -0.1) is 0 Å². The van der Waals surface area contributed by atoms with E-state index in [1.54, 1.807) is 24.7 Å². The van der Waals surface area contributed by atoms with E-state index >= 15 is 0 Å². The molecule has 0 fully saturated rings. The summed E-state index contributed by atoms with van der Waals surface area (Å²) in [5, 5.41) is 0. The van der Waals surface area contributed by atoms with E-state index in [0.717, 1.165) is 0 Å². The van der Waals surface area contributed by atoms with E-state index in [-0.39, 0.29) is 18.6 Å². The van der Waals surface area contributed by atoms with Gasteiger partial charge in [0.05, 0.1) is 12.5 Å². The largest absolute Gasteiger partial charge is 0.494 e. The van der Waals surface area contributed by atoms with E-state index in [1.165, 1.54) is 12.1 Å². The highest BCUT2D eigenvalue weighted by atomic mass is 16.5. The molecule has 1 rings (SSSR count). The van der Waals surface area contributed by atoms with E-state index in [0.29, 0.717) is 11.5 Å².